The summed E-state index contributed by atoms with van der Waals surface area (Å²) < 4.78 is 0. The number of nitro groups is 1. The third-order valence-corrected chi connectivity index (χ3v) is 4.47. The summed E-state index contributed by atoms with van der Waals surface area (Å²) >= 11 is 0. The van der Waals surface area contributed by atoms with E-state index in [4.69, 9.17) is 0 Å². The Bertz CT molecular complexity index is 910. The van der Waals surface area contributed by atoms with E-state index >= 15 is 0 Å². The molecule has 0 aliphatic carbocycles. The van der Waals surface area contributed by atoms with Crippen molar-refractivity contribution in [1.82, 2.24) is 4.90 Å². The Labute approximate surface area is 156 Å². The summed E-state index contributed by atoms with van der Waals surface area (Å²) in [4.78, 5) is 27.1. The minimum atomic E-state index is -0.524. The van der Waals surface area contributed by atoms with Crippen molar-refractivity contribution in [3.8, 4) is 6.07 Å². The maximum absolute atomic E-state index is 12.7. The number of benzene rings is 2. The molecule has 1 amide bonds. The van der Waals surface area contributed by atoms with Gasteiger partial charge in [0, 0.05) is 37.9 Å². The van der Waals surface area contributed by atoms with Crippen LogP contribution in [0.3, 0.4) is 0 Å². The van der Waals surface area contributed by atoms with Gasteiger partial charge in [-0.1, -0.05) is 30.3 Å². The lowest BCUT2D eigenvalue weighted by Gasteiger charge is -2.36. The van der Waals surface area contributed by atoms with Crippen molar-refractivity contribution < 1.29 is 9.72 Å². The van der Waals surface area contributed by atoms with Crippen LogP contribution in [0.4, 0.5) is 11.4 Å². The first kappa shape index (κ1) is 18.1. The largest absolute Gasteiger partial charge is 0.368 e. The Balaban J connectivity index is 1.73. The molecule has 2 aromatic carbocycles. The van der Waals surface area contributed by atoms with Crippen LogP contribution in [-0.2, 0) is 4.79 Å². The van der Waals surface area contributed by atoms with Gasteiger partial charge in [0.25, 0.3) is 11.6 Å². The lowest BCUT2D eigenvalue weighted by molar-refractivity contribution is -0.385. The Morgan fingerprint density at radius 3 is 2.30 bits per heavy atom. The quantitative estimate of drug-likeness (QED) is 0.361. The highest BCUT2D eigenvalue weighted by molar-refractivity contribution is 6.02. The smallest absolute Gasteiger partial charge is 0.276 e. The minimum absolute atomic E-state index is 0.0996. The number of piperazine rings is 1. The molecule has 1 heterocycles. The molecule has 0 aromatic heterocycles. The summed E-state index contributed by atoms with van der Waals surface area (Å²) in [6, 6.07) is 17.9. The fourth-order valence-corrected chi connectivity index (χ4v) is 3.05. The second kappa shape index (κ2) is 8.15. The first-order chi connectivity index (χ1) is 13.1. The Morgan fingerprint density at radius 2 is 1.67 bits per heavy atom. The van der Waals surface area contributed by atoms with E-state index in [1.54, 1.807) is 17.0 Å². The Kier molecular flexibility index (Phi) is 5.47. The second-order valence-corrected chi connectivity index (χ2v) is 6.10. The van der Waals surface area contributed by atoms with E-state index in [0.717, 1.165) is 5.69 Å². The highest BCUT2D eigenvalue weighted by Gasteiger charge is 2.24. The van der Waals surface area contributed by atoms with Crippen LogP contribution in [0.25, 0.3) is 6.08 Å². The van der Waals surface area contributed by atoms with E-state index in [0.29, 0.717) is 26.2 Å². The summed E-state index contributed by atoms with van der Waals surface area (Å²) in [5, 5.41) is 20.5. The number of anilines is 1. The summed E-state index contributed by atoms with van der Waals surface area (Å²) in [7, 11) is 0. The Morgan fingerprint density at radius 1 is 1.04 bits per heavy atom. The molecule has 7 nitrogen and oxygen atoms in total. The van der Waals surface area contributed by atoms with Crippen molar-refractivity contribution in [2.24, 2.45) is 0 Å². The highest BCUT2D eigenvalue weighted by atomic mass is 16.6. The van der Waals surface area contributed by atoms with Gasteiger partial charge in [0.05, 0.1) is 10.5 Å². The zero-order valence-electron chi connectivity index (χ0n) is 14.6. The van der Waals surface area contributed by atoms with Gasteiger partial charge in [-0.3, -0.25) is 14.9 Å². The van der Waals surface area contributed by atoms with Crippen LogP contribution in [-0.4, -0.2) is 41.9 Å². The molecule has 1 aliphatic heterocycles. The van der Waals surface area contributed by atoms with E-state index < -0.39 is 10.8 Å². The summed E-state index contributed by atoms with van der Waals surface area (Å²) in [5.41, 5.74) is 1.11. The molecule has 2 aromatic rings. The maximum atomic E-state index is 12.7. The molecule has 136 valence electrons. The van der Waals surface area contributed by atoms with Gasteiger partial charge < -0.3 is 9.80 Å². The number of rotatable bonds is 4. The molecule has 1 fully saturated rings. The van der Waals surface area contributed by atoms with Crippen molar-refractivity contribution in [2.75, 3.05) is 31.1 Å². The van der Waals surface area contributed by atoms with Gasteiger partial charge in [-0.05, 0) is 24.3 Å². The molecular weight excluding hydrogens is 344 g/mol. The molecule has 1 saturated heterocycles. The van der Waals surface area contributed by atoms with Crippen LogP contribution < -0.4 is 4.90 Å². The van der Waals surface area contributed by atoms with Gasteiger partial charge in [-0.25, -0.2) is 0 Å². The van der Waals surface area contributed by atoms with Gasteiger partial charge in [0.1, 0.15) is 11.6 Å². The topological polar surface area (TPSA) is 90.5 Å². The Hall–Kier alpha value is -3.66. The monoisotopic (exact) mass is 362 g/mol. The van der Waals surface area contributed by atoms with Gasteiger partial charge in [-0.2, -0.15) is 5.26 Å². The molecule has 0 bridgehead atoms. The van der Waals surface area contributed by atoms with Gasteiger partial charge in [0.2, 0.25) is 0 Å². The number of carbonyl (C=O) groups is 1. The summed E-state index contributed by atoms with van der Waals surface area (Å²) in [5.74, 6) is -0.400. The van der Waals surface area contributed by atoms with Crippen LogP contribution in [0.2, 0.25) is 0 Å². The lowest BCUT2D eigenvalue weighted by Crippen LogP contribution is -2.49. The van der Waals surface area contributed by atoms with E-state index in [2.05, 4.69) is 4.90 Å². The first-order valence-electron chi connectivity index (χ1n) is 8.54. The maximum Gasteiger partial charge on any atom is 0.276 e. The first-order valence-corrected chi connectivity index (χ1v) is 8.54. The lowest BCUT2D eigenvalue weighted by atomic mass is 10.1. The van der Waals surface area contributed by atoms with Gasteiger partial charge in [0.15, 0.2) is 0 Å². The molecule has 0 spiro atoms. The van der Waals surface area contributed by atoms with Crippen molar-refractivity contribution >= 4 is 23.4 Å². The fraction of sp³-hybridized carbons (Fsp3) is 0.200. The predicted octanol–water partition coefficient (Wildman–Crippen LogP) is 2.85. The number of hydrogen-bond acceptors (Lipinski definition) is 5. The molecule has 3 rings (SSSR count). The molecule has 0 N–H and O–H groups in total. The van der Waals surface area contributed by atoms with Gasteiger partial charge >= 0.3 is 0 Å². The third-order valence-electron chi connectivity index (χ3n) is 4.47. The van der Waals surface area contributed by atoms with Crippen LogP contribution in [0.1, 0.15) is 5.56 Å². The zero-order valence-corrected chi connectivity index (χ0v) is 14.6. The molecule has 27 heavy (non-hydrogen) atoms. The molecule has 0 atom stereocenters. The number of hydrogen-bond donors (Lipinski definition) is 0. The van der Waals surface area contributed by atoms with Crippen LogP contribution in [0.15, 0.2) is 60.2 Å². The summed E-state index contributed by atoms with van der Waals surface area (Å²) in [6.45, 7) is 2.31. The zero-order chi connectivity index (χ0) is 19.2. The van der Waals surface area contributed by atoms with Crippen molar-refractivity contribution in [1.29, 1.82) is 5.26 Å². The molecule has 1 aliphatic rings. The highest BCUT2D eigenvalue weighted by Crippen LogP contribution is 2.22. The SMILES string of the molecule is N#CC(=Cc1ccccc1[N+](=O)[O-])C(=O)N1CCN(c2ccccc2)CC1. The standard InChI is InChI=1S/C20H18N4O3/c21-15-17(14-16-6-4-5-9-19(16)24(26)27)20(25)23-12-10-22(11-13-23)18-7-2-1-3-8-18/h1-9,14H,10-13H2. The second-order valence-electron chi connectivity index (χ2n) is 6.10. The molecule has 0 radical (unpaired) electrons. The summed E-state index contributed by atoms with van der Waals surface area (Å²) in [6.07, 6.45) is 1.30. The number of nitro benzene ring substituents is 1. The number of amides is 1. The molecule has 0 unspecified atom stereocenters. The fourth-order valence-electron chi connectivity index (χ4n) is 3.05. The molecule has 7 heteroatoms. The van der Waals surface area contributed by atoms with Crippen LogP contribution in [0, 0.1) is 21.4 Å². The number of carbonyl (C=O) groups excluding carboxylic acids is 1. The third kappa shape index (κ3) is 4.12. The number of para-hydroxylation sites is 2. The van der Waals surface area contributed by atoms with Crippen LogP contribution >= 0.6 is 0 Å². The predicted molar refractivity (Wildman–Crippen MR) is 102 cm³/mol. The van der Waals surface area contributed by atoms with E-state index in [9.17, 15) is 20.2 Å². The minimum Gasteiger partial charge on any atom is -0.368 e. The van der Waals surface area contributed by atoms with E-state index in [1.165, 1.54) is 18.2 Å². The molecule has 0 saturated carbocycles. The molecular formula is C20H18N4O3. The van der Waals surface area contributed by atoms with Crippen molar-refractivity contribution in [2.45, 2.75) is 0 Å². The number of nitrogens with zero attached hydrogens (tertiary/aromatic N) is 4. The van der Waals surface area contributed by atoms with Crippen LogP contribution in [0.5, 0.6) is 0 Å². The average molecular weight is 362 g/mol. The average Bonchev–Trinajstić information content (AvgIpc) is 2.72. The number of nitriles is 1. The van der Waals surface area contributed by atoms with Crippen molar-refractivity contribution in [3.05, 3.63) is 75.8 Å². The normalized spacial score (nSPS) is 14.6. The van der Waals surface area contributed by atoms with Crippen molar-refractivity contribution in [3.63, 3.8) is 0 Å². The van der Waals surface area contributed by atoms with E-state index in [-0.39, 0.29) is 16.8 Å². The van der Waals surface area contributed by atoms with Gasteiger partial charge in [-0.15, -0.1) is 0 Å². The van der Waals surface area contributed by atoms with E-state index in [1.807, 2.05) is 36.4 Å².